The molecule has 1 amide bonds. The van der Waals surface area contributed by atoms with Gasteiger partial charge in [-0.25, -0.2) is 0 Å². The molecule has 0 aromatic carbocycles. The molecule has 0 aliphatic heterocycles. The molecule has 1 atom stereocenters. The topological polar surface area (TPSA) is 72.9 Å². The van der Waals surface area contributed by atoms with Crippen molar-refractivity contribution in [2.75, 3.05) is 5.32 Å². The number of nitrogens with one attached hydrogen (secondary N) is 1. The van der Waals surface area contributed by atoms with Crippen LogP contribution < -0.4 is 11.1 Å². The first-order valence-corrected chi connectivity index (χ1v) is 5.82. The molecule has 5 heteroatoms. The molecule has 96 valence electrons. The van der Waals surface area contributed by atoms with E-state index in [2.05, 4.69) is 10.4 Å². The van der Waals surface area contributed by atoms with Crippen LogP contribution in [-0.4, -0.2) is 21.7 Å². The number of nitrogens with two attached hydrogens (primary N) is 1. The smallest absolute Gasteiger partial charge is 0.241 e. The van der Waals surface area contributed by atoms with Crippen molar-refractivity contribution in [1.82, 2.24) is 9.78 Å². The van der Waals surface area contributed by atoms with Crippen LogP contribution in [0.1, 0.15) is 40.7 Å². The van der Waals surface area contributed by atoms with E-state index in [-0.39, 0.29) is 17.4 Å². The van der Waals surface area contributed by atoms with Crippen LogP contribution in [-0.2, 0) is 4.79 Å². The Morgan fingerprint density at radius 1 is 1.47 bits per heavy atom. The molecule has 0 saturated heterocycles. The summed E-state index contributed by atoms with van der Waals surface area (Å²) in [5.41, 5.74) is 6.30. The largest absolute Gasteiger partial charge is 0.322 e. The third-order valence-corrected chi connectivity index (χ3v) is 2.61. The van der Waals surface area contributed by atoms with Gasteiger partial charge in [-0.3, -0.25) is 9.48 Å². The monoisotopic (exact) mass is 238 g/mol. The van der Waals surface area contributed by atoms with E-state index in [4.69, 9.17) is 5.73 Å². The van der Waals surface area contributed by atoms with Gasteiger partial charge in [-0.15, -0.1) is 0 Å². The van der Waals surface area contributed by atoms with Crippen LogP contribution in [0.25, 0.3) is 0 Å². The van der Waals surface area contributed by atoms with Crippen molar-refractivity contribution in [2.24, 2.45) is 11.1 Å². The zero-order valence-corrected chi connectivity index (χ0v) is 11.2. The van der Waals surface area contributed by atoms with E-state index in [1.54, 1.807) is 17.1 Å². The second-order valence-corrected chi connectivity index (χ2v) is 5.64. The van der Waals surface area contributed by atoms with Crippen molar-refractivity contribution >= 4 is 11.6 Å². The number of nitrogens with zero attached hydrogens (tertiary/aromatic N) is 2. The molecule has 0 spiro atoms. The number of carbonyl (C=O) groups is 1. The molecule has 0 aliphatic carbocycles. The highest BCUT2D eigenvalue weighted by Crippen LogP contribution is 2.19. The van der Waals surface area contributed by atoms with Crippen molar-refractivity contribution in [3.63, 3.8) is 0 Å². The van der Waals surface area contributed by atoms with Crippen LogP contribution in [0.4, 0.5) is 5.69 Å². The summed E-state index contributed by atoms with van der Waals surface area (Å²) in [5, 5.41) is 6.93. The summed E-state index contributed by atoms with van der Waals surface area (Å²) in [5.74, 6) is -0.180. The Balaban J connectivity index is 2.68. The minimum absolute atomic E-state index is 0.180. The Hall–Kier alpha value is -1.36. The molecular weight excluding hydrogens is 216 g/mol. The van der Waals surface area contributed by atoms with E-state index >= 15 is 0 Å². The van der Waals surface area contributed by atoms with Crippen LogP contribution in [0, 0.1) is 5.41 Å². The van der Waals surface area contributed by atoms with Crippen molar-refractivity contribution < 1.29 is 4.79 Å². The molecule has 5 nitrogen and oxygen atoms in total. The van der Waals surface area contributed by atoms with Gasteiger partial charge in [0.1, 0.15) is 0 Å². The van der Waals surface area contributed by atoms with E-state index in [1.165, 1.54) is 0 Å². The van der Waals surface area contributed by atoms with Gasteiger partial charge in [-0.2, -0.15) is 5.10 Å². The first kappa shape index (κ1) is 13.7. The minimum atomic E-state index is -0.537. The number of anilines is 1. The maximum atomic E-state index is 11.9. The predicted octanol–water partition coefficient (Wildman–Crippen LogP) is 1.78. The van der Waals surface area contributed by atoms with Crippen molar-refractivity contribution in [3.8, 4) is 0 Å². The molecule has 17 heavy (non-hydrogen) atoms. The van der Waals surface area contributed by atoms with Crippen molar-refractivity contribution in [3.05, 3.63) is 12.4 Å². The van der Waals surface area contributed by atoms with Crippen molar-refractivity contribution in [2.45, 2.75) is 46.7 Å². The average Bonchev–Trinajstić information content (AvgIpc) is 2.63. The lowest BCUT2D eigenvalue weighted by Crippen LogP contribution is -2.45. The molecule has 0 fully saturated rings. The molecule has 3 N–H and O–H groups in total. The SMILES string of the molecule is CC(C)n1cc(NC(=O)[C@H](N)C(C)(C)C)cn1. The number of carbonyl (C=O) groups excluding carboxylic acids is 1. The predicted molar refractivity (Wildman–Crippen MR) is 68.7 cm³/mol. The number of aromatic nitrogens is 2. The van der Waals surface area contributed by atoms with Gasteiger partial charge in [0.2, 0.25) is 5.91 Å². The van der Waals surface area contributed by atoms with Crippen LogP contribution in [0.15, 0.2) is 12.4 Å². The molecule has 1 rings (SSSR count). The molecule has 1 aromatic heterocycles. The number of amides is 1. The minimum Gasteiger partial charge on any atom is -0.322 e. The fraction of sp³-hybridized carbons (Fsp3) is 0.667. The number of hydrogen-bond acceptors (Lipinski definition) is 3. The Labute approximate surface area is 102 Å². The molecule has 0 saturated carbocycles. The van der Waals surface area contributed by atoms with Gasteiger partial charge in [0, 0.05) is 12.2 Å². The third kappa shape index (κ3) is 3.56. The summed E-state index contributed by atoms with van der Waals surface area (Å²) < 4.78 is 1.79. The average molecular weight is 238 g/mol. The first-order valence-electron chi connectivity index (χ1n) is 5.82. The standard InChI is InChI=1S/C12H22N4O/c1-8(2)16-7-9(6-14-16)15-11(17)10(13)12(3,4)5/h6-8,10H,13H2,1-5H3,(H,15,17)/t10-/m0/s1. The molecule has 0 aliphatic rings. The van der Waals surface area contributed by atoms with E-state index in [9.17, 15) is 4.79 Å². The van der Waals surface area contributed by atoms with E-state index < -0.39 is 6.04 Å². The van der Waals surface area contributed by atoms with E-state index in [1.807, 2.05) is 34.6 Å². The Bertz CT molecular complexity index is 389. The van der Waals surface area contributed by atoms with Gasteiger partial charge in [0.15, 0.2) is 0 Å². The molecule has 0 unspecified atom stereocenters. The normalized spacial score (nSPS) is 13.8. The van der Waals surface area contributed by atoms with Crippen LogP contribution >= 0.6 is 0 Å². The Kier molecular flexibility index (Phi) is 3.93. The van der Waals surface area contributed by atoms with Gasteiger partial charge < -0.3 is 11.1 Å². The summed E-state index contributed by atoms with van der Waals surface area (Å²) in [4.78, 5) is 11.9. The summed E-state index contributed by atoms with van der Waals surface area (Å²) in [7, 11) is 0. The Morgan fingerprint density at radius 3 is 2.47 bits per heavy atom. The van der Waals surface area contributed by atoms with Gasteiger partial charge in [-0.05, 0) is 19.3 Å². The second-order valence-electron chi connectivity index (χ2n) is 5.64. The van der Waals surface area contributed by atoms with Crippen LogP contribution in [0.5, 0.6) is 0 Å². The van der Waals surface area contributed by atoms with E-state index in [0.717, 1.165) is 0 Å². The zero-order valence-electron chi connectivity index (χ0n) is 11.2. The maximum Gasteiger partial charge on any atom is 0.241 e. The molecule has 0 radical (unpaired) electrons. The maximum absolute atomic E-state index is 11.9. The van der Waals surface area contributed by atoms with Gasteiger partial charge in [0.25, 0.3) is 0 Å². The molecular formula is C12H22N4O. The van der Waals surface area contributed by atoms with Gasteiger partial charge >= 0.3 is 0 Å². The Morgan fingerprint density at radius 2 is 2.06 bits per heavy atom. The van der Waals surface area contributed by atoms with Crippen LogP contribution in [0.3, 0.4) is 0 Å². The summed E-state index contributed by atoms with van der Waals surface area (Å²) in [6, 6.07) is -0.262. The first-order chi connectivity index (χ1) is 7.71. The number of hydrogen-bond donors (Lipinski definition) is 2. The third-order valence-electron chi connectivity index (χ3n) is 2.61. The summed E-state index contributed by atoms with van der Waals surface area (Å²) in [6.45, 7) is 9.87. The second kappa shape index (κ2) is 4.87. The van der Waals surface area contributed by atoms with Crippen molar-refractivity contribution in [1.29, 1.82) is 0 Å². The molecule has 1 aromatic rings. The van der Waals surface area contributed by atoms with Crippen LogP contribution in [0.2, 0.25) is 0 Å². The molecule has 0 bridgehead atoms. The quantitative estimate of drug-likeness (QED) is 0.843. The van der Waals surface area contributed by atoms with Gasteiger partial charge in [-0.1, -0.05) is 20.8 Å². The summed E-state index contributed by atoms with van der Waals surface area (Å²) in [6.07, 6.45) is 3.44. The zero-order chi connectivity index (χ0) is 13.2. The fourth-order valence-corrected chi connectivity index (χ4v) is 1.30. The molecule has 1 heterocycles. The lowest BCUT2D eigenvalue weighted by molar-refractivity contribution is -0.119. The highest BCUT2D eigenvalue weighted by atomic mass is 16.2. The highest BCUT2D eigenvalue weighted by Gasteiger charge is 2.27. The lowest BCUT2D eigenvalue weighted by Gasteiger charge is -2.25. The number of rotatable bonds is 3. The lowest BCUT2D eigenvalue weighted by atomic mass is 9.87. The van der Waals surface area contributed by atoms with Gasteiger partial charge in [0.05, 0.1) is 17.9 Å². The summed E-state index contributed by atoms with van der Waals surface area (Å²) >= 11 is 0. The van der Waals surface area contributed by atoms with E-state index in [0.29, 0.717) is 5.69 Å². The highest BCUT2D eigenvalue weighted by molar-refractivity contribution is 5.94. The fourth-order valence-electron chi connectivity index (χ4n) is 1.30.